The molecule has 1 aliphatic rings. The molecule has 100 valence electrons. The lowest BCUT2D eigenvalue weighted by Gasteiger charge is -2.33. The minimum absolute atomic E-state index is 0.568. The number of hydrogen-bond acceptors (Lipinski definition) is 3. The van der Waals surface area contributed by atoms with Crippen molar-refractivity contribution in [1.29, 1.82) is 0 Å². The maximum atomic E-state index is 4.17. The third kappa shape index (κ3) is 2.55. The van der Waals surface area contributed by atoms with Crippen molar-refractivity contribution in [3.8, 4) is 0 Å². The van der Waals surface area contributed by atoms with Crippen molar-refractivity contribution in [3.05, 3.63) is 30.5 Å². The molecule has 1 saturated carbocycles. The smallest absolute Gasteiger partial charge is 0.0950 e. The summed E-state index contributed by atoms with van der Waals surface area (Å²) in [5, 5.41) is 13.1. The Balaban J connectivity index is 1.82. The van der Waals surface area contributed by atoms with Gasteiger partial charge < -0.3 is 5.32 Å². The van der Waals surface area contributed by atoms with Crippen LogP contribution in [0.25, 0.3) is 10.9 Å². The molecule has 0 amide bonds. The predicted molar refractivity (Wildman–Crippen MR) is 79.1 cm³/mol. The molecule has 19 heavy (non-hydrogen) atoms. The molecule has 1 heterocycles. The summed E-state index contributed by atoms with van der Waals surface area (Å²) in [6.45, 7) is 4.73. The van der Waals surface area contributed by atoms with Crippen molar-refractivity contribution < 1.29 is 0 Å². The van der Waals surface area contributed by atoms with Gasteiger partial charge in [0.1, 0.15) is 0 Å². The lowest BCUT2D eigenvalue weighted by molar-refractivity contribution is 0.261. The van der Waals surface area contributed by atoms with Crippen LogP contribution in [0.2, 0.25) is 0 Å². The number of anilines is 1. The third-order valence-electron chi connectivity index (χ3n) is 4.50. The van der Waals surface area contributed by atoms with Crippen LogP contribution < -0.4 is 5.32 Å². The van der Waals surface area contributed by atoms with Gasteiger partial charge in [0.05, 0.1) is 17.4 Å². The fraction of sp³-hybridized carbons (Fsp3) is 0.500. The van der Waals surface area contributed by atoms with Gasteiger partial charge in [0.15, 0.2) is 0 Å². The Morgan fingerprint density at radius 2 is 1.95 bits per heavy atom. The molecular weight excluding hydrogens is 234 g/mol. The first kappa shape index (κ1) is 12.4. The highest BCUT2D eigenvalue weighted by atomic mass is 15.1. The van der Waals surface area contributed by atoms with Crippen LogP contribution in [0, 0.1) is 11.8 Å². The first-order chi connectivity index (χ1) is 9.24. The molecule has 0 aliphatic heterocycles. The van der Waals surface area contributed by atoms with Gasteiger partial charge >= 0.3 is 0 Å². The largest absolute Gasteiger partial charge is 0.380 e. The molecule has 1 N–H and O–H groups in total. The van der Waals surface area contributed by atoms with Crippen LogP contribution in [0.5, 0.6) is 0 Å². The van der Waals surface area contributed by atoms with E-state index in [1.54, 1.807) is 0 Å². The molecule has 3 unspecified atom stereocenters. The van der Waals surface area contributed by atoms with Gasteiger partial charge in [-0.1, -0.05) is 32.0 Å². The number of hydrogen-bond donors (Lipinski definition) is 1. The van der Waals surface area contributed by atoms with Gasteiger partial charge in [-0.05, 0) is 37.2 Å². The Morgan fingerprint density at radius 1 is 1.11 bits per heavy atom. The zero-order valence-electron chi connectivity index (χ0n) is 11.6. The number of aromatic nitrogens is 2. The van der Waals surface area contributed by atoms with Crippen LogP contribution in [0.3, 0.4) is 0 Å². The maximum absolute atomic E-state index is 4.17. The average Bonchev–Trinajstić information content (AvgIpc) is 2.43. The fourth-order valence-electron chi connectivity index (χ4n) is 3.02. The van der Waals surface area contributed by atoms with Crippen molar-refractivity contribution >= 4 is 16.6 Å². The first-order valence-corrected chi connectivity index (χ1v) is 7.21. The van der Waals surface area contributed by atoms with Gasteiger partial charge in [0.2, 0.25) is 0 Å². The number of rotatable bonds is 2. The molecular formula is C16H21N3. The first-order valence-electron chi connectivity index (χ1n) is 7.21. The summed E-state index contributed by atoms with van der Waals surface area (Å²) < 4.78 is 0. The van der Waals surface area contributed by atoms with Crippen molar-refractivity contribution in [2.75, 3.05) is 5.32 Å². The van der Waals surface area contributed by atoms with Crippen LogP contribution in [0.4, 0.5) is 5.69 Å². The third-order valence-corrected chi connectivity index (χ3v) is 4.50. The van der Waals surface area contributed by atoms with Gasteiger partial charge in [-0.25, -0.2) is 0 Å². The molecule has 3 atom stereocenters. The van der Waals surface area contributed by atoms with Crippen LogP contribution in [-0.4, -0.2) is 16.2 Å². The Hall–Kier alpha value is -1.64. The van der Waals surface area contributed by atoms with E-state index in [0.717, 1.165) is 23.0 Å². The van der Waals surface area contributed by atoms with Crippen LogP contribution >= 0.6 is 0 Å². The molecule has 3 nitrogen and oxygen atoms in total. The highest BCUT2D eigenvalue weighted by molar-refractivity contribution is 5.90. The molecule has 1 fully saturated rings. The summed E-state index contributed by atoms with van der Waals surface area (Å²) >= 11 is 0. The number of fused-ring (bicyclic) bond motifs is 1. The summed E-state index contributed by atoms with van der Waals surface area (Å²) in [5.74, 6) is 1.65. The standard InChI is InChI=1S/C16H21N3/c1-11-7-8-13(9-12(11)2)18-16-10-17-19-15-6-4-3-5-14(15)16/h3-6,10-13H,7-9H2,1-2H3,(H,18,19). The molecule has 2 aromatic rings. The normalized spacial score (nSPS) is 27.4. The lowest BCUT2D eigenvalue weighted by atomic mass is 9.79. The maximum Gasteiger partial charge on any atom is 0.0950 e. The summed E-state index contributed by atoms with van der Waals surface area (Å²) in [6.07, 6.45) is 5.67. The van der Waals surface area contributed by atoms with Crippen molar-refractivity contribution in [1.82, 2.24) is 10.2 Å². The quantitative estimate of drug-likeness (QED) is 0.885. The van der Waals surface area contributed by atoms with Crippen LogP contribution in [-0.2, 0) is 0 Å². The summed E-state index contributed by atoms with van der Waals surface area (Å²) in [7, 11) is 0. The topological polar surface area (TPSA) is 37.8 Å². The molecule has 3 heteroatoms. The zero-order chi connectivity index (χ0) is 13.2. The zero-order valence-corrected chi connectivity index (χ0v) is 11.6. The Kier molecular flexibility index (Phi) is 3.36. The van der Waals surface area contributed by atoms with Crippen LogP contribution in [0.1, 0.15) is 33.1 Å². The molecule has 3 rings (SSSR count). The second-order valence-corrected chi connectivity index (χ2v) is 5.88. The number of nitrogens with one attached hydrogen (secondary N) is 1. The van der Waals surface area contributed by atoms with Crippen molar-refractivity contribution in [2.45, 2.75) is 39.2 Å². The summed E-state index contributed by atoms with van der Waals surface area (Å²) in [6, 6.07) is 8.76. The fourth-order valence-corrected chi connectivity index (χ4v) is 3.02. The lowest BCUT2D eigenvalue weighted by Crippen LogP contribution is -2.30. The molecule has 1 aliphatic carbocycles. The summed E-state index contributed by atoms with van der Waals surface area (Å²) in [4.78, 5) is 0. The van der Waals surface area contributed by atoms with E-state index in [-0.39, 0.29) is 0 Å². The van der Waals surface area contributed by atoms with E-state index in [1.165, 1.54) is 24.6 Å². The molecule has 1 aromatic carbocycles. The number of benzene rings is 1. The Morgan fingerprint density at radius 3 is 2.79 bits per heavy atom. The van der Waals surface area contributed by atoms with Gasteiger partial charge in [-0.2, -0.15) is 10.2 Å². The SMILES string of the molecule is CC1CCC(Nc2cnnc3ccccc23)CC1C. The van der Waals surface area contributed by atoms with E-state index in [4.69, 9.17) is 0 Å². The molecule has 0 bridgehead atoms. The van der Waals surface area contributed by atoms with E-state index in [1.807, 2.05) is 18.3 Å². The average molecular weight is 255 g/mol. The Labute approximate surface area is 114 Å². The second kappa shape index (κ2) is 5.16. The summed E-state index contributed by atoms with van der Waals surface area (Å²) in [5.41, 5.74) is 2.09. The minimum Gasteiger partial charge on any atom is -0.380 e. The molecule has 1 aromatic heterocycles. The minimum atomic E-state index is 0.568. The van der Waals surface area contributed by atoms with Gasteiger partial charge in [0.25, 0.3) is 0 Å². The monoisotopic (exact) mass is 255 g/mol. The van der Waals surface area contributed by atoms with E-state index in [0.29, 0.717) is 6.04 Å². The number of nitrogens with zero attached hydrogens (tertiary/aromatic N) is 2. The predicted octanol–water partition coefficient (Wildman–Crippen LogP) is 3.87. The van der Waals surface area contributed by atoms with Gasteiger partial charge in [0, 0.05) is 11.4 Å². The van der Waals surface area contributed by atoms with Crippen molar-refractivity contribution in [2.24, 2.45) is 11.8 Å². The van der Waals surface area contributed by atoms with E-state index in [9.17, 15) is 0 Å². The van der Waals surface area contributed by atoms with E-state index >= 15 is 0 Å². The van der Waals surface area contributed by atoms with E-state index in [2.05, 4.69) is 41.5 Å². The second-order valence-electron chi connectivity index (χ2n) is 5.88. The van der Waals surface area contributed by atoms with Crippen molar-refractivity contribution in [3.63, 3.8) is 0 Å². The van der Waals surface area contributed by atoms with Crippen LogP contribution in [0.15, 0.2) is 30.5 Å². The molecule has 0 radical (unpaired) electrons. The molecule has 0 saturated heterocycles. The molecule has 0 spiro atoms. The van der Waals surface area contributed by atoms with Gasteiger partial charge in [-0.15, -0.1) is 0 Å². The highest BCUT2D eigenvalue weighted by Gasteiger charge is 2.24. The van der Waals surface area contributed by atoms with E-state index < -0.39 is 0 Å². The Bertz CT molecular complexity index is 561. The van der Waals surface area contributed by atoms with Gasteiger partial charge in [-0.3, -0.25) is 0 Å². The highest BCUT2D eigenvalue weighted by Crippen LogP contribution is 2.32.